The summed E-state index contributed by atoms with van der Waals surface area (Å²) in [6.45, 7) is 6.32. The highest BCUT2D eigenvalue weighted by atomic mass is 35.5. The molecule has 1 N–H and O–H groups in total. The molecule has 0 saturated heterocycles. The first kappa shape index (κ1) is 11.7. The van der Waals surface area contributed by atoms with Gasteiger partial charge in [0.2, 0.25) is 0 Å². The molecule has 1 rings (SSSR count). The van der Waals surface area contributed by atoms with E-state index in [1.54, 1.807) is 12.1 Å². The van der Waals surface area contributed by atoms with Crippen LogP contribution in [-0.2, 0) is 0 Å². The van der Waals surface area contributed by atoms with Crippen molar-refractivity contribution in [2.24, 2.45) is 5.92 Å². The molecule has 1 atom stereocenters. The van der Waals surface area contributed by atoms with Crippen molar-refractivity contribution in [2.45, 2.75) is 26.7 Å². The van der Waals surface area contributed by atoms with Gasteiger partial charge in [-0.15, -0.1) is 0 Å². The maximum atomic E-state index is 9.46. The van der Waals surface area contributed by atoms with E-state index >= 15 is 0 Å². The van der Waals surface area contributed by atoms with E-state index in [4.69, 9.17) is 23.2 Å². The lowest BCUT2D eigenvalue weighted by Crippen LogP contribution is -2.02. The van der Waals surface area contributed by atoms with E-state index in [1.807, 2.05) is 0 Å². The summed E-state index contributed by atoms with van der Waals surface area (Å²) in [7, 11) is 0. The van der Waals surface area contributed by atoms with Crippen molar-refractivity contribution in [3.05, 3.63) is 27.7 Å². The van der Waals surface area contributed by atoms with Crippen molar-refractivity contribution < 1.29 is 5.11 Å². The number of benzene rings is 1. The second kappa shape index (κ2) is 4.41. The Kier molecular flexibility index (Phi) is 3.68. The second-order valence-corrected chi connectivity index (χ2v) is 4.67. The van der Waals surface area contributed by atoms with Crippen LogP contribution in [0.25, 0.3) is 0 Å². The van der Waals surface area contributed by atoms with E-state index in [0.29, 0.717) is 21.9 Å². The minimum absolute atomic E-state index is 0.0959. The summed E-state index contributed by atoms with van der Waals surface area (Å²) in [5.74, 6) is 0.886. The molecule has 0 heterocycles. The topological polar surface area (TPSA) is 20.2 Å². The molecular formula is C11H14Cl2O. The van der Waals surface area contributed by atoms with Gasteiger partial charge < -0.3 is 5.11 Å². The molecule has 1 nitrogen and oxygen atoms in total. The van der Waals surface area contributed by atoms with Gasteiger partial charge in [0.1, 0.15) is 5.75 Å². The number of hydrogen-bond acceptors (Lipinski definition) is 1. The van der Waals surface area contributed by atoms with E-state index in [2.05, 4.69) is 20.8 Å². The van der Waals surface area contributed by atoms with Crippen LogP contribution in [0.4, 0.5) is 0 Å². The van der Waals surface area contributed by atoms with E-state index in [1.165, 1.54) is 0 Å². The van der Waals surface area contributed by atoms with Gasteiger partial charge in [0, 0.05) is 5.02 Å². The lowest BCUT2D eigenvalue weighted by molar-refractivity contribution is 0.471. The van der Waals surface area contributed by atoms with Crippen LogP contribution in [-0.4, -0.2) is 5.11 Å². The first-order valence-electron chi connectivity index (χ1n) is 4.61. The van der Waals surface area contributed by atoms with Crippen LogP contribution in [0, 0.1) is 5.92 Å². The fraction of sp³-hybridized carbons (Fsp3) is 0.455. The van der Waals surface area contributed by atoms with Crippen molar-refractivity contribution in [2.75, 3.05) is 0 Å². The molecular weight excluding hydrogens is 219 g/mol. The number of halogens is 2. The van der Waals surface area contributed by atoms with Gasteiger partial charge in [0.15, 0.2) is 0 Å². The molecule has 0 amide bonds. The second-order valence-electron chi connectivity index (χ2n) is 3.86. The summed E-state index contributed by atoms with van der Waals surface area (Å²) in [5.41, 5.74) is 0.948. The molecule has 1 aromatic rings. The maximum absolute atomic E-state index is 9.46. The van der Waals surface area contributed by atoms with Crippen molar-refractivity contribution in [3.63, 3.8) is 0 Å². The van der Waals surface area contributed by atoms with E-state index in [-0.39, 0.29) is 5.75 Å². The zero-order valence-corrected chi connectivity index (χ0v) is 10.0. The fourth-order valence-corrected chi connectivity index (χ4v) is 1.82. The summed E-state index contributed by atoms with van der Waals surface area (Å²) < 4.78 is 0. The molecule has 1 unspecified atom stereocenters. The maximum Gasteiger partial charge on any atom is 0.134 e. The Hall–Kier alpha value is -0.400. The lowest BCUT2D eigenvalue weighted by Gasteiger charge is -2.18. The molecule has 0 spiro atoms. The largest absolute Gasteiger partial charge is 0.506 e. The molecule has 3 heteroatoms. The molecule has 0 bridgehead atoms. The van der Waals surface area contributed by atoms with Crippen LogP contribution >= 0.6 is 23.2 Å². The first-order valence-corrected chi connectivity index (χ1v) is 5.37. The van der Waals surface area contributed by atoms with E-state index < -0.39 is 0 Å². The number of phenols is 1. The quantitative estimate of drug-likeness (QED) is 0.799. The average molecular weight is 233 g/mol. The summed E-state index contributed by atoms with van der Waals surface area (Å²) in [6.07, 6.45) is 0. The predicted molar refractivity (Wildman–Crippen MR) is 61.4 cm³/mol. The molecule has 0 aliphatic carbocycles. The Bertz CT molecular complexity index is 334. The monoisotopic (exact) mass is 232 g/mol. The molecule has 14 heavy (non-hydrogen) atoms. The highest BCUT2D eigenvalue weighted by Gasteiger charge is 2.15. The van der Waals surface area contributed by atoms with Gasteiger partial charge >= 0.3 is 0 Å². The molecule has 0 aliphatic rings. The van der Waals surface area contributed by atoms with Gasteiger partial charge in [-0.2, -0.15) is 0 Å². The molecule has 0 aliphatic heterocycles. The molecule has 0 aromatic heterocycles. The number of aromatic hydroxyl groups is 1. The molecule has 1 aromatic carbocycles. The van der Waals surface area contributed by atoms with Crippen molar-refractivity contribution in [1.29, 1.82) is 0 Å². The van der Waals surface area contributed by atoms with Gasteiger partial charge in [0.25, 0.3) is 0 Å². The van der Waals surface area contributed by atoms with Crippen molar-refractivity contribution in [1.82, 2.24) is 0 Å². The Morgan fingerprint density at radius 3 is 2.14 bits per heavy atom. The zero-order valence-electron chi connectivity index (χ0n) is 8.51. The molecule has 78 valence electrons. The van der Waals surface area contributed by atoms with Crippen LogP contribution < -0.4 is 0 Å². The molecule has 0 saturated carbocycles. The Labute approximate surface area is 94.7 Å². The zero-order chi connectivity index (χ0) is 10.9. The summed E-state index contributed by atoms with van der Waals surface area (Å²) in [4.78, 5) is 0. The highest BCUT2D eigenvalue weighted by Crippen LogP contribution is 2.36. The number of phenolic OH excluding ortho intramolecular Hbond substituents is 1. The SMILES string of the molecule is CC(C)C(C)c1cc(O)c(Cl)cc1Cl. The van der Waals surface area contributed by atoms with Crippen LogP contribution in [0.1, 0.15) is 32.3 Å². The van der Waals surface area contributed by atoms with Gasteiger partial charge in [-0.3, -0.25) is 0 Å². The smallest absolute Gasteiger partial charge is 0.134 e. The Balaban J connectivity index is 3.15. The third-order valence-electron chi connectivity index (χ3n) is 2.56. The van der Waals surface area contributed by atoms with E-state index in [0.717, 1.165) is 5.56 Å². The Morgan fingerprint density at radius 1 is 1.07 bits per heavy atom. The van der Waals surface area contributed by atoms with Crippen LogP contribution in [0.3, 0.4) is 0 Å². The fourth-order valence-electron chi connectivity index (χ4n) is 1.26. The standard InChI is InChI=1S/C11H14Cl2O/c1-6(2)7(3)8-4-11(14)10(13)5-9(8)12/h4-7,14H,1-3H3. The first-order chi connectivity index (χ1) is 6.43. The van der Waals surface area contributed by atoms with Gasteiger partial charge in [0.05, 0.1) is 5.02 Å². The average Bonchev–Trinajstić information content (AvgIpc) is 2.10. The van der Waals surface area contributed by atoms with E-state index in [9.17, 15) is 5.11 Å². The molecule has 0 radical (unpaired) electrons. The van der Waals surface area contributed by atoms with Crippen molar-refractivity contribution >= 4 is 23.2 Å². The third-order valence-corrected chi connectivity index (χ3v) is 3.19. The highest BCUT2D eigenvalue weighted by molar-refractivity contribution is 6.36. The predicted octanol–water partition coefficient (Wildman–Crippen LogP) is 4.46. The Morgan fingerprint density at radius 2 is 1.64 bits per heavy atom. The van der Waals surface area contributed by atoms with Crippen LogP contribution in [0.15, 0.2) is 12.1 Å². The molecule has 0 fully saturated rings. The number of hydrogen-bond donors (Lipinski definition) is 1. The summed E-state index contributed by atoms with van der Waals surface area (Å²) in [6, 6.07) is 3.24. The van der Waals surface area contributed by atoms with Gasteiger partial charge in [-0.05, 0) is 29.5 Å². The van der Waals surface area contributed by atoms with Crippen LogP contribution in [0.2, 0.25) is 10.0 Å². The van der Waals surface area contributed by atoms with Crippen LogP contribution in [0.5, 0.6) is 5.75 Å². The van der Waals surface area contributed by atoms with Gasteiger partial charge in [-0.1, -0.05) is 44.0 Å². The third kappa shape index (κ3) is 2.34. The normalized spacial score (nSPS) is 13.3. The summed E-state index contributed by atoms with van der Waals surface area (Å²) in [5, 5.41) is 10.4. The number of rotatable bonds is 2. The minimum atomic E-state index is 0.0959. The van der Waals surface area contributed by atoms with Crippen molar-refractivity contribution in [3.8, 4) is 5.75 Å². The lowest BCUT2D eigenvalue weighted by atomic mass is 9.90. The van der Waals surface area contributed by atoms with Gasteiger partial charge in [-0.25, -0.2) is 0 Å². The minimum Gasteiger partial charge on any atom is -0.506 e. The summed E-state index contributed by atoms with van der Waals surface area (Å²) >= 11 is 11.8.